The molecule has 0 bridgehead atoms. The summed E-state index contributed by atoms with van der Waals surface area (Å²) < 4.78 is 0. The largest absolute Gasteiger partial charge is 0.337 e. The number of thiazole rings is 2. The molecule has 0 aliphatic heterocycles. The van der Waals surface area contributed by atoms with Crippen LogP contribution in [0.4, 0.5) is 0 Å². The van der Waals surface area contributed by atoms with Gasteiger partial charge >= 0.3 is 0 Å². The Morgan fingerprint density at radius 3 is 1.64 bits per heavy atom. The van der Waals surface area contributed by atoms with Crippen LogP contribution in [0.1, 0.15) is 40.5 Å². The van der Waals surface area contributed by atoms with Crippen molar-refractivity contribution in [3.63, 3.8) is 0 Å². The van der Waals surface area contributed by atoms with Crippen molar-refractivity contribution in [2.45, 2.75) is 26.9 Å². The van der Waals surface area contributed by atoms with Crippen LogP contribution in [0.5, 0.6) is 0 Å². The van der Waals surface area contributed by atoms with Gasteiger partial charge in [0.25, 0.3) is 11.8 Å². The predicted molar refractivity (Wildman–Crippen MR) is 112 cm³/mol. The molecule has 0 unspecified atom stereocenters. The zero-order valence-corrected chi connectivity index (χ0v) is 17.9. The summed E-state index contributed by atoms with van der Waals surface area (Å²) in [6.07, 6.45) is 3.58. The van der Waals surface area contributed by atoms with Gasteiger partial charge in [-0.1, -0.05) is 6.07 Å². The summed E-state index contributed by atoms with van der Waals surface area (Å²) in [6.45, 7) is 4.87. The van der Waals surface area contributed by atoms with Crippen molar-refractivity contribution in [2.24, 2.45) is 0 Å². The van der Waals surface area contributed by atoms with Gasteiger partial charge in [-0.05, 0) is 32.0 Å². The number of rotatable bonds is 6. The zero-order valence-electron chi connectivity index (χ0n) is 16.3. The van der Waals surface area contributed by atoms with E-state index in [0.29, 0.717) is 24.2 Å². The molecular weight excluding hydrogens is 392 g/mol. The summed E-state index contributed by atoms with van der Waals surface area (Å²) in [5.74, 6) is -0.247. The average Bonchev–Trinajstić information content (AvgIpc) is 3.28. The van der Waals surface area contributed by atoms with Crippen molar-refractivity contribution < 1.29 is 9.59 Å². The minimum Gasteiger partial charge on any atom is -0.337 e. The molecule has 1 aromatic carbocycles. The lowest BCUT2D eigenvalue weighted by Gasteiger charge is -2.18. The summed E-state index contributed by atoms with van der Waals surface area (Å²) >= 11 is 3.15. The molecule has 0 atom stereocenters. The van der Waals surface area contributed by atoms with E-state index < -0.39 is 0 Å². The van der Waals surface area contributed by atoms with E-state index in [4.69, 9.17) is 0 Å². The highest BCUT2D eigenvalue weighted by Crippen LogP contribution is 2.18. The Morgan fingerprint density at radius 1 is 0.857 bits per heavy atom. The SMILES string of the molecule is Cc1ncc(CN(C)C(=O)c2cccc(C(=O)N(C)Cc3cnc(C)s3)c2)s1. The van der Waals surface area contributed by atoms with Gasteiger partial charge in [0.2, 0.25) is 0 Å². The van der Waals surface area contributed by atoms with Crippen molar-refractivity contribution in [1.82, 2.24) is 19.8 Å². The number of hydrogen-bond acceptors (Lipinski definition) is 6. The molecule has 3 aromatic rings. The molecular formula is C20H22N4O2S2. The molecule has 146 valence electrons. The van der Waals surface area contributed by atoms with Gasteiger partial charge in [0.15, 0.2) is 0 Å². The first-order valence-electron chi connectivity index (χ1n) is 8.77. The summed E-state index contributed by atoms with van der Waals surface area (Å²) in [6, 6.07) is 6.88. The molecule has 2 amide bonds. The van der Waals surface area contributed by atoms with Crippen molar-refractivity contribution in [3.8, 4) is 0 Å². The first-order chi connectivity index (χ1) is 13.3. The molecule has 28 heavy (non-hydrogen) atoms. The lowest BCUT2D eigenvalue weighted by atomic mass is 10.1. The standard InChI is InChI=1S/C20H22N4O2S2/c1-13-21-9-17(27-13)11-23(3)19(25)15-6-5-7-16(8-15)20(26)24(4)12-18-10-22-14(2)28-18/h5-10H,11-12H2,1-4H3. The van der Waals surface area contributed by atoms with Gasteiger partial charge in [0.1, 0.15) is 0 Å². The van der Waals surface area contributed by atoms with Gasteiger partial charge in [0, 0.05) is 47.4 Å². The number of carbonyl (C=O) groups is 2. The number of aryl methyl sites for hydroxylation is 2. The molecule has 0 fully saturated rings. The molecule has 8 heteroatoms. The quantitative estimate of drug-likeness (QED) is 0.616. The number of hydrogen-bond donors (Lipinski definition) is 0. The topological polar surface area (TPSA) is 66.4 Å². The molecule has 0 N–H and O–H groups in total. The highest BCUT2D eigenvalue weighted by molar-refractivity contribution is 7.11. The third kappa shape index (κ3) is 4.82. The molecule has 0 aliphatic rings. The van der Waals surface area contributed by atoms with Crippen LogP contribution >= 0.6 is 22.7 Å². The Hall–Kier alpha value is -2.58. The first kappa shape index (κ1) is 20.2. The molecule has 0 saturated heterocycles. The minimum atomic E-state index is -0.124. The Morgan fingerprint density at radius 2 is 1.29 bits per heavy atom. The highest BCUT2D eigenvalue weighted by atomic mass is 32.1. The monoisotopic (exact) mass is 414 g/mol. The normalized spacial score (nSPS) is 10.7. The van der Waals surface area contributed by atoms with Crippen LogP contribution < -0.4 is 0 Å². The van der Waals surface area contributed by atoms with E-state index in [0.717, 1.165) is 19.8 Å². The summed E-state index contributed by atoms with van der Waals surface area (Å²) in [5.41, 5.74) is 0.994. The average molecular weight is 415 g/mol. The minimum absolute atomic E-state index is 0.124. The van der Waals surface area contributed by atoms with Gasteiger partial charge in [-0.25, -0.2) is 9.97 Å². The Bertz CT molecular complexity index is 920. The maximum Gasteiger partial charge on any atom is 0.253 e. The second-order valence-electron chi connectivity index (χ2n) is 6.59. The molecule has 2 aromatic heterocycles. The number of nitrogens with zero attached hydrogens (tertiary/aromatic N) is 4. The molecule has 2 heterocycles. The van der Waals surface area contributed by atoms with E-state index in [2.05, 4.69) is 9.97 Å². The van der Waals surface area contributed by atoms with Crippen LogP contribution in [0.25, 0.3) is 0 Å². The van der Waals surface area contributed by atoms with Crippen molar-refractivity contribution in [1.29, 1.82) is 0 Å². The van der Waals surface area contributed by atoms with Crippen LogP contribution in [0.15, 0.2) is 36.7 Å². The maximum atomic E-state index is 12.8. The summed E-state index contributed by atoms with van der Waals surface area (Å²) in [4.78, 5) is 39.3. The molecule has 0 spiro atoms. The molecule has 6 nitrogen and oxygen atoms in total. The van der Waals surface area contributed by atoms with E-state index in [1.54, 1.807) is 83.2 Å². The lowest BCUT2D eigenvalue weighted by molar-refractivity contribution is 0.0784. The number of carbonyl (C=O) groups excluding carboxylic acids is 2. The number of amides is 2. The van der Waals surface area contributed by atoms with Gasteiger partial charge in [-0.3, -0.25) is 9.59 Å². The summed E-state index contributed by atoms with van der Waals surface area (Å²) in [7, 11) is 3.51. The second kappa shape index (κ2) is 8.62. The summed E-state index contributed by atoms with van der Waals surface area (Å²) in [5, 5.41) is 1.95. The predicted octanol–water partition coefficient (Wildman–Crippen LogP) is 3.76. The molecule has 3 rings (SSSR count). The lowest BCUT2D eigenvalue weighted by Crippen LogP contribution is -2.28. The van der Waals surface area contributed by atoms with Crippen molar-refractivity contribution >= 4 is 34.5 Å². The fourth-order valence-electron chi connectivity index (χ4n) is 2.79. The third-order valence-corrected chi connectivity index (χ3v) is 5.97. The van der Waals surface area contributed by atoms with E-state index in [1.165, 1.54) is 0 Å². The van der Waals surface area contributed by atoms with E-state index in [-0.39, 0.29) is 11.8 Å². The van der Waals surface area contributed by atoms with E-state index in [1.807, 2.05) is 13.8 Å². The highest BCUT2D eigenvalue weighted by Gasteiger charge is 2.18. The Balaban J connectivity index is 1.69. The third-order valence-electron chi connectivity index (χ3n) is 4.17. The van der Waals surface area contributed by atoms with Crippen LogP contribution in [-0.2, 0) is 13.1 Å². The number of benzene rings is 1. The first-order valence-corrected chi connectivity index (χ1v) is 10.4. The Kier molecular flexibility index (Phi) is 6.21. The van der Waals surface area contributed by atoms with Crippen LogP contribution in [0.2, 0.25) is 0 Å². The number of aromatic nitrogens is 2. The van der Waals surface area contributed by atoms with E-state index in [9.17, 15) is 9.59 Å². The fraction of sp³-hybridized carbons (Fsp3) is 0.300. The second-order valence-corrected chi connectivity index (χ2v) is 9.23. The molecule has 0 radical (unpaired) electrons. The van der Waals surface area contributed by atoms with Crippen LogP contribution in [-0.4, -0.2) is 45.7 Å². The maximum absolute atomic E-state index is 12.8. The zero-order chi connectivity index (χ0) is 20.3. The van der Waals surface area contributed by atoms with Crippen LogP contribution in [0, 0.1) is 13.8 Å². The van der Waals surface area contributed by atoms with Crippen LogP contribution in [0.3, 0.4) is 0 Å². The van der Waals surface area contributed by atoms with Gasteiger partial charge in [0.05, 0.1) is 23.1 Å². The van der Waals surface area contributed by atoms with Crippen molar-refractivity contribution in [3.05, 3.63) is 67.6 Å². The van der Waals surface area contributed by atoms with Gasteiger partial charge in [-0.2, -0.15) is 0 Å². The van der Waals surface area contributed by atoms with Gasteiger partial charge in [-0.15, -0.1) is 22.7 Å². The van der Waals surface area contributed by atoms with E-state index >= 15 is 0 Å². The Labute approximate surface area is 172 Å². The van der Waals surface area contributed by atoms with Crippen molar-refractivity contribution in [2.75, 3.05) is 14.1 Å². The molecule has 0 saturated carbocycles. The smallest absolute Gasteiger partial charge is 0.253 e. The van der Waals surface area contributed by atoms with Gasteiger partial charge < -0.3 is 9.80 Å². The molecule has 0 aliphatic carbocycles. The fourth-order valence-corrected chi connectivity index (χ4v) is 4.49.